The molecule has 0 spiro atoms. The first-order chi connectivity index (χ1) is 13.5. The van der Waals surface area contributed by atoms with Gasteiger partial charge in [0, 0.05) is 30.1 Å². The Bertz CT molecular complexity index is 1030. The lowest BCUT2D eigenvalue weighted by molar-refractivity contribution is -0.140. The van der Waals surface area contributed by atoms with E-state index in [1.807, 2.05) is 0 Å². The Morgan fingerprint density at radius 2 is 1.89 bits per heavy atom. The Balaban J connectivity index is 1.71. The number of likely N-dealkylation sites (tertiary alicyclic amines) is 1. The fourth-order valence-electron chi connectivity index (χ4n) is 3.73. The number of H-pyrrole nitrogens is 1. The van der Waals surface area contributed by atoms with Crippen LogP contribution in [0.1, 0.15) is 18.4 Å². The Morgan fingerprint density at radius 1 is 1.14 bits per heavy atom. The van der Waals surface area contributed by atoms with E-state index in [0.29, 0.717) is 28.8 Å². The fraction of sp³-hybridized carbons (Fsp3) is 0.286. The van der Waals surface area contributed by atoms with Gasteiger partial charge in [-0.25, -0.2) is 13.2 Å². The van der Waals surface area contributed by atoms with Crippen LogP contribution in [0, 0.1) is 17.5 Å². The summed E-state index contributed by atoms with van der Waals surface area (Å²) in [5.41, 5.74) is 1.92. The molecule has 1 saturated heterocycles. The molecule has 2 aromatic carbocycles. The molecule has 1 amide bonds. The number of halogens is 3. The highest BCUT2D eigenvalue weighted by molar-refractivity contribution is 5.92. The van der Waals surface area contributed by atoms with Gasteiger partial charge in [0.25, 0.3) is 0 Å². The van der Waals surface area contributed by atoms with Crippen molar-refractivity contribution < 1.29 is 23.1 Å². The molecule has 1 aromatic heterocycles. The van der Waals surface area contributed by atoms with Crippen molar-refractivity contribution in [1.82, 2.24) is 9.88 Å². The number of aromatic amines is 1. The van der Waals surface area contributed by atoms with Crippen LogP contribution in [0.3, 0.4) is 0 Å². The molecular weight excluding hydrogens is 369 g/mol. The number of amides is 1. The molecule has 2 heterocycles. The van der Waals surface area contributed by atoms with Crippen molar-refractivity contribution in [2.45, 2.75) is 25.3 Å². The molecule has 1 fully saturated rings. The van der Waals surface area contributed by atoms with Crippen LogP contribution in [-0.2, 0) is 11.2 Å². The van der Waals surface area contributed by atoms with Crippen molar-refractivity contribution in [2.75, 3.05) is 13.2 Å². The van der Waals surface area contributed by atoms with Crippen molar-refractivity contribution in [2.24, 2.45) is 0 Å². The number of hydrogen-bond acceptors (Lipinski definition) is 2. The number of nitrogens with one attached hydrogen (secondary N) is 1. The minimum Gasteiger partial charge on any atom is -0.394 e. The largest absolute Gasteiger partial charge is 0.394 e. The van der Waals surface area contributed by atoms with Gasteiger partial charge in [0.15, 0.2) is 0 Å². The lowest BCUT2D eigenvalue weighted by Crippen LogP contribution is -2.52. The van der Waals surface area contributed by atoms with Crippen LogP contribution >= 0.6 is 0 Å². The zero-order valence-electron chi connectivity index (χ0n) is 15.0. The van der Waals surface area contributed by atoms with Gasteiger partial charge in [-0.05, 0) is 54.3 Å². The number of aromatic nitrogens is 1. The van der Waals surface area contributed by atoms with E-state index in [1.54, 1.807) is 17.0 Å². The van der Waals surface area contributed by atoms with Gasteiger partial charge in [-0.1, -0.05) is 0 Å². The summed E-state index contributed by atoms with van der Waals surface area (Å²) < 4.78 is 41.4. The first-order valence-corrected chi connectivity index (χ1v) is 9.14. The molecule has 0 bridgehead atoms. The minimum atomic E-state index is -0.723. The van der Waals surface area contributed by atoms with Crippen molar-refractivity contribution in [3.8, 4) is 11.3 Å². The number of carbonyl (C=O) groups excluding carboxylic acids is 1. The smallest absolute Gasteiger partial charge is 0.223 e. The Hall–Kier alpha value is -2.80. The molecule has 3 aromatic rings. The van der Waals surface area contributed by atoms with Gasteiger partial charge in [-0.15, -0.1) is 0 Å². The second kappa shape index (κ2) is 7.31. The van der Waals surface area contributed by atoms with E-state index in [0.717, 1.165) is 12.5 Å². The number of aliphatic hydroxyl groups excluding tert-OH is 1. The number of carbonyl (C=O) groups is 1. The van der Waals surface area contributed by atoms with Crippen molar-refractivity contribution in [3.63, 3.8) is 0 Å². The van der Waals surface area contributed by atoms with Gasteiger partial charge in [-0.2, -0.15) is 0 Å². The molecule has 28 heavy (non-hydrogen) atoms. The van der Waals surface area contributed by atoms with Gasteiger partial charge < -0.3 is 15.0 Å². The first kappa shape index (κ1) is 18.6. The molecule has 146 valence electrons. The average Bonchev–Trinajstić information content (AvgIpc) is 2.99. The van der Waals surface area contributed by atoms with Crippen molar-refractivity contribution in [1.29, 1.82) is 0 Å². The van der Waals surface area contributed by atoms with E-state index in [2.05, 4.69) is 4.98 Å². The second-order valence-corrected chi connectivity index (χ2v) is 7.01. The molecule has 0 unspecified atom stereocenters. The predicted octanol–water partition coefficient (Wildman–Crippen LogP) is 3.78. The third-order valence-electron chi connectivity index (χ3n) is 5.33. The Morgan fingerprint density at radius 3 is 2.54 bits per heavy atom. The number of aryl methyl sites for hydroxylation is 1. The molecule has 1 aliphatic rings. The molecular formula is C21H19F3N2O2. The summed E-state index contributed by atoms with van der Waals surface area (Å²) in [6, 6.07) is 7.57. The minimum absolute atomic E-state index is 0.0733. The molecule has 0 radical (unpaired) electrons. The summed E-state index contributed by atoms with van der Waals surface area (Å²) in [6.07, 6.45) is 1.19. The van der Waals surface area contributed by atoms with Crippen LogP contribution in [0.15, 0.2) is 36.4 Å². The SMILES string of the molecule is O=C(CCc1c(-c2ccc(F)cc2)[nH]c2c(F)cc(F)cc12)N1CC[C@H]1CO. The van der Waals surface area contributed by atoms with Gasteiger partial charge in [-0.3, -0.25) is 4.79 Å². The lowest BCUT2D eigenvalue weighted by Gasteiger charge is -2.40. The van der Waals surface area contributed by atoms with E-state index in [9.17, 15) is 23.1 Å². The molecule has 1 aliphatic heterocycles. The topological polar surface area (TPSA) is 56.3 Å². The third-order valence-corrected chi connectivity index (χ3v) is 5.33. The predicted molar refractivity (Wildman–Crippen MR) is 99.1 cm³/mol. The maximum Gasteiger partial charge on any atom is 0.223 e. The van der Waals surface area contributed by atoms with E-state index in [1.165, 1.54) is 18.2 Å². The zero-order chi connectivity index (χ0) is 19.8. The molecule has 2 N–H and O–H groups in total. The summed E-state index contributed by atoms with van der Waals surface area (Å²) in [5, 5.41) is 9.63. The summed E-state index contributed by atoms with van der Waals surface area (Å²) in [7, 11) is 0. The molecule has 7 heteroatoms. The normalized spacial score (nSPS) is 16.4. The van der Waals surface area contributed by atoms with Gasteiger partial charge in [0.2, 0.25) is 5.91 Å². The van der Waals surface area contributed by atoms with Crippen LogP contribution in [0.25, 0.3) is 22.2 Å². The van der Waals surface area contributed by atoms with Gasteiger partial charge in [0.05, 0.1) is 18.2 Å². The zero-order valence-corrected chi connectivity index (χ0v) is 15.0. The summed E-state index contributed by atoms with van der Waals surface area (Å²) in [6.45, 7) is 0.530. The average molecular weight is 388 g/mol. The van der Waals surface area contributed by atoms with Crippen LogP contribution in [0.2, 0.25) is 0 Å². The van der Waals surface area contributed by atoms with E-state index >= 15 is 0 Å². The maximum atomic E-state index is 14.3. The highest BCUT2D eigenvalue weighted by atomic mass is 19.1. The number of hydrogen-bond donors (Lipinski definition) is 2. The van der Waals surface area contributed by atoms with Crippen LogP contribution in [0.4, 0.5) is 13.2 Å². The van der Waals surface area contributed by atoms with E-state index in [4.69, 9.17) is 0 Å². The fourth-order valence-corrected chi connectivity index (χ4v) is 3.73. The number of nitrogens with zero attached hydrogens (tertiary/aromatic N) is 1. The molecule has 4 rings (SSSR count). The highest BCUT2D eigenvalue weighted by Crippen LogP contribution is 2.33. The number of fused-ring (bicyclic) bond motifs is 1. The lowest BCUT2D eigenvalue weighted by atomic mass is 9.98. The number of aliphatic hydroxyl groups is 1. The number of benzene rings is 2. The van der Waals surface area contributed by atoms with Crippen molar-refractivity contribution >= 4 is 16.8 Å². The summed E-state index contributed by atoms with van der Waals surface area (Å²) >= 11 is 0. The quantitative estimate of drug-likeness (QED) is 0.699. The van der Waals surface area contributed by atoms with Crippen molar-refractivity contribution in [3.05, 3.63) is 59.4 Å². The van der Waals surface area contributed by atoms with Crippen LogP contribution < -0.4 is 0 Å². The third kappa shape index (κ3) is 3.26. The molecule has 4 nitrogen and oxygen atoms in total. The summed E-state index contributed by atoms with van der Waals surface area (Å²) in [4.78, 5) is 17.0. The van der Waals surface area contributed by atoms with E-state index < -0.39 is 17.5 Å². The van der Waals surface area contributed by atoms with Crippen LogP contribution in [0.5, 0.6) is 0 Å². The van der Waals surface area contributed by atoms with Crippen LogP contribution in [-0.4, -0.2) is 40.1 Å². The molecule has 1 atom stereocenters. The Kier molecular flexibility index (Phi) is 4.85. The second-order valence-electron chi connectivity index (χ2n) is 7.01. The Labute approximate surface area is 159 Å². The summed E-state index contributed by atoms with van der Waals surface area (Å²) in [5.74, 6) is -1.94. The highest BCUT2D eigenvalue weighted by Gasteiger charge is 2.31. The standard InChI is InChI=1S/C21H19F3N2O2/c22-13-3-1-12(2-4-13)20-16(5-6-19(28)26-8-7-15(26)11-27)17-9-14(23)10-18(24)21(17)25-20/h1-4,9-10,15,25,27H,5-8,11H2/t15-/m0/s1. The van der Waals surface area contributed by atoms with Gasteiger partial charge >= 0.3 is 0 Å². The maximum absolute atomic E-state index is 14.3. The first-order valence-electron chi connectivity index (χ1n) is 9.14. The van der Waals surface area contributed by atoms with Gasteiger partial charge in [0.1, 0.15) is 17.5 Å². The van der Waals surface area contributed by atoms with E-state index in [-0.39, 0.29) is 36.9 Å². The number of rotatable bonds is 5. The molecule has 0 aliphatic carbocycles. The monoisotopic (exact) mass is 388 g/mol. The molecule has 0 saturated carbocycles.